The van der Waals surface area contributed by atoms with Gasteiger partial charge in [0.1, 0.15) is 0 Å². The van der Waals surface area contributed by atoms with Gasteiger partial charge in [0.2, 0.25) is 0 Å². The summed E-state index contributed by atoms with van der Waals surface area (Å²) in [5.74, 6) is 0. The first-order valence-electron chi connectivity index (χ1n) is 6.62. The van der Waals surface area contributed by atoms with Gasteiger partial charge >= 0.3 is 0 Å². The molecule has 2 nitrogen and oxygen atoms in total. The highest BCUT2D eigenvalue weighted by molar-refractivity contribution is 9.10. The Morgan fingerprint density at radius 2 is 1.95 bits per heavy atom. The summed E-state index contributed by atoms with van der Waals surface area (Å²) in [6.07, 6.45) is 0.931. The largest absolute Gasteiger partial charge is 0.332 e. The molecule has 21 heavy (non-hydrogen) atoms. The molecule has 0 saturated heterocycles. The van der Waals surface area contributed by atoms with Crippen molar-refractivity contribution in [2.45, 2.75) is 20.3 Å². The summed E-state index contributed by atoms with van der Waals surface area (Å²) in [6.45, 7) is 4.08. The van der Waals surface area contributed by atoms with Gasteiger partial charge in [-0.1, -0.05) is 40.5 Å². The van der Waals surface area contributed by atoms with E-state index in [0.29, 0.717) is 5.11 Å². The molecule has 0 radical (unpaired) electrons. The molecule has 0 aliphatic heterocycles. The van der Waals surface area contributed by atoms with Crippen LogP contribution in [0.2, 0.25) is 5.02 Å². The van der Waals surface area contributed by atoms with Crippen LogP contribution in [0.15, 0.2) is 40.9 Å². The molecule has 0 atom stereocenters. The number of aryl methyl sites for hydroxylation is 2. The lowest BCUT2D eigenvalue weighted by Crippen LogP contribution is -2.19. The molecular formula is C16H16BrClN2S. The minimum Gasteiger partial charge on any atom is -0.332 e. The van der Waals surface area contributed by atoms with E-state index in [1.165, 1.54) is 5.56 Å². The molecule has 0 heterocycles. The third-order valence-corrected chi connectivity index (χ3v) is 4.23. The van der Waals surface area contributed by atoms with Crippen molar-refractivity contribution in [1.29, 1.82) is 0 Å². The molecule has 2 aromatic rings. The van der Waals surface area contributed by atoms with E-state index in [-0.39, 0.29) is 0 Å². The standard InChI is InChI=1S/C16H16BrClN2S/c1-3-11-8-12(17)5-7-15(11)20-16(21)19-13-6-4-10(2)14(18)9-13/h4-9H,3H2,1-2H3,(H2,19,20,21). The quantitative estimate of drug-likeness (QED) is 0.657. The Morgan fingerprint density at radius 1 is 1.19 bits per heavy atom. The molecule has 0 fully saturated rings. The van der Waals surface area contributed by atoms with E-state index in [4.69, 9.17) is 23.8 Å². The van der Waals surface area contributed by atoms with Gasteiger partial charge in [-0.05, 0) is 67.0 Å². The van der Waals surface area contributed by atoms with Crippen molar-refractivity contribution in [3.8, 4) is 0 Å². The summed E-state index contributed by atoms with van der Waals surface area (Å²) in [4.78, 5) is 0. The van der Waals surface area contributed by atoms with Crippen LogP contribution < -0.4 is 10.6 Å². The molecule has 5 heteroatoms. The number of thiocarbonyl (C=S) groups is 1. The maximum absolute atomic E-state index is 6.11. The number of hydrogen-bond acceptors (Lipinski definition) is 1. The molecule has 0 aromatic heterocycles. The van der Waals surface area contributed by atoms with Crippen LogP contribution in [0.4, 0.5) is 11.4 Å². The van der Waals surface area contributed by atoms with E-state index in [1.807, 2.05) is 37.3 Å². The van der Waals surface area contributed by atoms with Crippen molar-refractivity contribution in [3.05, 3.63) is 57.0 Å². The van der Waals surface area contributed by atoms with E-state index in [1.54, 1.807) is 0 Å². The summed E-state index contributed by atoms with van der Waals surface area (Å²) < 4.78 is 1.06. The lowest BCUT2D eigenvalue weighted by Gasteiger charge is -2.14. The second-order valence-corrected chi connectivity index (χ2v) is 6.43. The van der Waals surface area contributed by atoms with Gasteiger partial charge in [-0.25, -0.2) is 0 Å². The van der Waals surface area contributed by atoms with Gasteiger partial charge in [0, 0.05) is 20.9 Å². The fraction of sp³-hybridized carbons (Fsp3) is 0.188. The molecule has 110 valence electrons. The third-order valence-electron chi connectivity index (χ3n) is 3.13. The molecule has 2 N–H and O–H groups in total. The number of hydrogen-bond donors (Lipinski definition) is 2. The highest BCUT2D eigenvalue weighted by atomic mass is 79.9. The summed E-state index contributed by atoms with van der Waals surface area (Å²) in [5, 5.41) is 7.65. The number of anilines is 2. The van der Waals surface area contributed by atoms with Crippen LogP contribution in [0.25, 0.3) is 0 Å². The number of halogens is 2. The molecule has 0 spiro atoms. The van der Waals surface area contributed by atoms with Gasteiger partial charge in [0.25, 0.3) is 0 Å². The van der Waals surface area contributed by atoms with Crippen LogP contribution in [0.5, 0.6) is 0 Å². The van der Waals surface area contributed by atoms with Crippen molar-refractivity contribution in [1.82, 2.24) is 0 Å². The minimum absolute atomic E-state index is 0.548. The average Bonchev–Trinajstić information content (AvgIpc) is 2.44. The topological polar surface area (TPSA) is 24.1 Å². The molecule has 2 aromatic carbocycles. The van der Waals surface area contributed by atoms with Crippen LogP contribution in [-0.4, -0.2) is 5.11 Å². The zero-order chi connectivity index (χ0) is 15.4. The Labute approximate surface area is 144 Å². The van der Waals surface area contributed by atoms with E-state index >= 15 is 0 Å². The van der Waals surface area contributed by atoms with Gasteiger partial charge in [-0.15, -0.1) is 0 Å². The maximum Gasteiger partial charge on any atom is 0.175 e. The minimum atomic E-state index is 0.548. The molecule has 0 saturated carbocycles. The molecular weight excluding hydrogens is 368 g/mol. The highest BCUT2D eigenvalue weighted by Gasteiger charge is 2.05. The third kappa shape index (κ3) is 4.43. The fourth-order valence-corrected chi connectivity index (χ4v) is 2.75. The lowest BCUT2D eigenvalue weighted by molar-refractivity contribution is 1.14. The lowest BCUT2D eigenvalue weighted by atomic mass is 10.1. The highest BCUT2D eigenvalue weighted by Crippen LogP contribution is 2.23. The smallest absolute Gasteiger partial charge is 0.175 e. The second kappa shape index (κ2) is 7.25. The molecule has 2 rings (SSSR count). The van der Waals surface area contributed by atoms with Gasteiger partial charge < -0.3 is 10.6 Å². The summed E-state index contributed by atoms with van der Waals surface area (Å²) in [6, 6.07) is 11.9. The molecule has 0 amide bonds. The predicted octanol–water partition coefficient (Wildman–Crippen LogP) is 5.78. The summed E-state index contributed by atoms with van der Waals surface area (Å²) in [7, 11) is 0. The predicted molar refractivity (Wildman–Crippen MR) is 99.6 cm³/mol. The Kier molecular flexibility index (Phi) is 5.62. The Morgan fingerprint density at radius 3 is 2.62 bits per heavy atom. The monoisotopic (exact) mass is 382 g/mol. The Hall–Kier alpha value is -1.10. The van der Waals surface area contributed by atoms with E-state index in [2.05, 4.69) is 39.6 Å². The number of rotatable bonds is 3. The number of benzene rings is 2. The molecule has 0 aliphatic rings. The average molecular weight is 384 g/mol. The van der Waals surface area contributed by atoms with Crippen LogP contribution in [0.1, 0.15) is 18.1 Å². The van der Waals surface area contributed by atoms with Gasteiger partial charge in [-0.2, -0.15) is 0 Å². The van der Waals surface area contributed by atoms with Crippen LogP contribution >= 0.6 is 39.7 Å². The first kappa shape index (κ1) is 16.3. The van der Waals surface area contributed by atoms with Crippen molar-refractivity contribution in [2.75, 3.05) is 10.6 Å². The van der Waals surface area contributed by atoms with Gasteiger partial charge in [0.05, 0.1) is 0 Å². The van der Waals surface area contributed by atoms with E-state index in [0.717, 1.165) is 32.9 Å². The van der Waals surface area contributed by atoms with Gasteiger partial charge in [-0.3, -0.25) is 0 Å². The Balaban J connectivity index is 2.09. The van der Waals surface area contributed by atoms with Crippen molar-refractivity contribution in [2.24, 2.45) is 0 Å². The van der Waals surface area contributed by atoms with Crippen LogP contribution in [0.3, 0.4) is 0 Å². The SMILES string of the molecule is CCc1cc(Br)ccc1NC(=S)Nc1ccc(C)c(Cl)c1. The first-order chi connectivity index (χ1) is 9.99. The zero-order valence-electron chi connectivity index (χ0n) is 11.8. The van der Waals surface area contributed by atoms with E-state index < -0.39 is 0 Å². The molecule has 0 bridgehead atoms. The van der Waals surface area contributed by atoms with E-state index in [9.17, 15) is 0 Å². The summed E-state index contributed by atoms with van der Waals surface area (Å²) >= 11 is 15.0. The van der Waals surface area contributed by atoms with Crippen molar-refractivity contribution < 1.29 is 0 Å². The maximum atomic E-state index is 6.11. The van der Waals surface area contributed by atoms with Crippen LogP contribution in [0, 0.1) is 6.92 Å². The first-order valence-corrected chi connectivity index (χ1v) is 8.20. The zero-order valence-corrected chi connectivity index (χ0v) is 15.0. The van der Waals surface area contributed by atoms with Crippen molar-refractivity contribution >= 4 is 56.2 Å². The fourth-order valence-electron chi connectivity index (χ4n) is 1.93. The second-order valence-electron chi connectivity index (χ2n) is 4.70. The summed E-state index contributed by atoms with van der Waals surface area (Å²) in [5.41, 5.74) is 4.13. The van der Waals surface area contributed by atoms with Gasteiger partial charge in [0.15, 0.2) is 5.11 Å². The molecule has 0 unspecified atom stereocenters. The van der Waals surface area contributed by atoms with Crippen molar-refractivity contribution in [3.63, 3.8) is 0 Å². The van der Waals surface area contributed by atoms with Crippen LogP contribution in [-0.2, 0) is 6.42 Å². The molecule has 0 aliphatic carbocycles. The number of nitrogens with one attached hydrogen (secondary N) is 2. The Bertz CT molecular complexity index is 673. The normalized spacial score (nSPS) is 10.3.